The second kappa shape index (κ2) is 7.47. The van der Waals surface area contributed by atoms with Crippen molar-refractivity contribution in [2.75, 3.05) is 19.6 Å². The van der Waals surface area contributed by atoms with Crippen molar-refractivity contribution >= 4 is 23.2 Å². The summed E-state index contributed by atoms with van der Waals surface area (Å²) in [6, 6.07) is 4.22. The lowest BCUT2D eigenvalue weighted by molar-refractivity contribution is -0.140. The first-order chi connectivity index (χ1) is 11.2. The molecule has 2 fully saturated rings. The SMILES string of the molecule is CCC1CCCCN1C(=O)C1CCN(C(=O)c2cccs2)CC1. The Hall–Kier alpha value is -1.36. The number of thiophene rings is 1. The molecule has 2 saturated heterocycles. The van der Waals surface area contributed by atoms with Crippen molar-refractivity contribution in [2.45, 2.75) is 51.5 Å². The van der Waals surface area contributed by atoms with Gasteiger partial charge in [-0.25, -0.2) is 0 Å². The molecule has 3 rings (SSSR count). The number of likely N-dealkylation sites (tertiary alicyclic amines) is 2. The molecular weight excluding hydrogens is 308 g/mol. The number of hydrogen-bond acceptors (Lipinski definition) is 3. The van der Waals surface area contributed by atoms with Crippen LogP contribution in [0.3, 0.4) is 0 Å². The van der Waals surface area contributed by atoms with Gasteiger partial charge >= 0.3 is 0 Å². The predicted octanol–water partition coefficient (Wildman–Crippen LogP) is 3.39. The van der Waals surface area contributed by atoms with Gasteiger partial charge in [-0.3, -0.25) is 9.59 Å². The number of hydrogen-bond donors (Lipinski definition) is 0. The Kier molecular flexibility index (Phi) is 5.36. The zero-order valence-corrected chi connectivity index (χ0v) is 14.7. The summed E-state index contributed by atoms with van der Waals surface area (Å²) in [5, 5.41) is 1.94. The van der Waals surface area contributed by atoms with Crippen LogP contribution in [0.5, 0.6) is 0 Å². The molecule has 1 unspecified atom stereocenters. The van der Waals surface area contributed by atoms with Crippen LogP contribution in [0.2, 0.25) is 0 Å². The van der Waals surface area contributed by atoms with E-state index in [0.717, 1.165) is 43.5 Å². The summed E-state index contributed by atoms with van der Waals surface area (Å²) >= 11 is 1.49. The van der Waals surface area contributed by atoms with Crippen molar-refractivity contribution in [3.63, 3.8) is 0 Å². The van der Waals surface area contributed by atoms with E-state index in [1.54, 1.807) is 0 Å². The second-order valence-corrected chi connectivity index (χ2v) is 7.58. The number of carbonyl (C=O) groups excluding carboxylic acids is 2. The lowest BCUT2D eigenvalue weighted by Gasteiger charge is -2.39. The van der Waals surface area contributed by atoms with Crippen molar-refractivity contribution in [3.8, 4) is 0 Å². The Morgan fingerprint density at radius 3 is 2.61 bits per heavy atom. The van der Waals surface area contributed by atoms with E-state index in [0.29, 0.717) is 25.0 Å². The minimum atomic E-state index is 0.106. The molecule has 1 aromatic rings. The number of nitrogens with zero attached hydrogens (tertiary/aromatic N) is 2. The third-order valence-electron chi connectivity index (χ3n) is 5.24. The van der Waals surface area contributed by atoms with E-state index in [9.17, 15) is 9.59 Å². The number of piperidine rings is 2. The van der Waals surface area contributed by atoms with E-state index in [1.807, 2.05) is 22.4 Å². The van der Waals surface area contributed by atoms with Crippen LogP contribution >= 0.6 is 11.3 Å². The van der Waals surface area contributed by atoms with E-state index in [2.05, 4.69) is 11.8 Å². The third-order valence-corrected chi connectivity index (χ3v) is 6.10. The van der Waals surface area contributed by atoms with Crippen LogP contribution in [-0.4, -0.2) is 47.3 Å². The quantitative estimate of drug-likeness (QED) is 0.850. The molecule has 0 saturated carbocycles. The van der Waals surface area contributed by atoms with Crippen LogP contribution in [0.4, 0.5) is 0 Å². The Labute approximate surface area is 142 Å². The number of amides is 2. The van der Waals surface area contributed by atoms with E-state index < -0.39 is 0 Å². The molecule has 0 N–H and O–H groups in total. The van der Waals surface area contributed by atoms with Crippen LogP contribution < -0.4 is 0 Å². The van der Waals surface area contributed by atoms with Crippen LogP contribution in [0, 0.1) is 5.92 Å². The summed E-state index contributed by atoms with van der Waals surface area (Å²) < 4.78 is 0. The first kappa shape index (κ1) is 16.5. The number of rotatable bonds is 3. The molecule has 2 aliphatic rings. The highest BCUT2D eigenvalue weighted by atomic mass is 32.1. The fourth-order valence-electron chi connectivity index (χ4n) is 3.84. The predicted molar refractivity (Wildman–Crippen MR) is 92.6 cm³/mol. The monoisotopic (exact) mass is 334 g/mol. The van der Waals surface area contributed by atoms with Crippen LogP contribution in [0.15, 0.2) is 17.5 Å². The van der Waals surface area contributed by atoms with Gasteiger partial charge in [0.2, 0.25) is 5.91 Å². The van der Waals surface area contributed by atoms with Gasteiger partial charge in [0, 0.05) is 31.6 Å². The van der Waals surface area contributed by atoms with Crippen LogP contribution in [0.1, 0.15) is 55.1 Å². The third kappa shape index (κ3) is 3.60. The fraction of sp³-hybridized carbons (Fsp3) is 0.667. The van der Waals surface area contributed by atoms with Gasteiger partial charge in [0.05, 0.1) is 4.88 Å². The average Bonchev–Trinajstić information content (AvgIpc) is 3.15. The highest BCUT2D eigenvalue weighted by Gasteiger charge is 2.33. The highest BCUT2D eigenvalue weighted by Crippen LogP contribution is 2.27. The maximum atomic E-state index is 12.9. The van der Waals surface area contributed by atoms with Crippen molar-refractivity contribution in [2.24, 2.45) is 5.92 Å². The lowest BCUT2D eigenvalue weighted by atomic mass is 9.92. The summed E-state index contributed by atoms with van der Waals surface area (Å²) in [5.74, 6) is 0.560. The molecule has 3 heterocycles. The van der Waals surface area contributed by atoms with Crippen molar-refractivity contribution < 1.29 is 9.59 Å². The van der Waals surface area contributed by atoms with Gasteiger partial charge in [-0.2, -0.15) is 0 Å². The molecule has 0 spiro atoms. The Morgan fingerprint density at radius 2 is 1.96 bits per heavy atom. The van der Waals surface area contributed by atoms with Crippen LogP contribution in [0.25, 0.3) is 0 Å². The van der Waals surface area contributed by atoms with Gasteiger partial charge < -0.3 is 9.80 Å². The van der Waals surface area contributed by atoms with Crippen molar-refractivity contribution in [3.05, 3.63) is 22.4 Å². The summed E-state index contributed by atoms with van der Waals surface area (Å²) in [6.07, 6.45) is 6.21. The lowest BCUT2D eigenvalue weighted by Crippen LogP contribution is -2.49. The Bertz CT molecular complexity index is 535. The van der Waals surface area contributed by atoms with Crippen LogP contribution in [-0.2, 0) is 4.79 Å². The normalized spacial score (nSPS) is 23.1. The first-order valence-corrected chi connectivity index (χ1v) is 9.72. The zero-order valence-electron chi connectivity index (χ0n) is 13.9. The topological polar surface area (TPSA) is 40.6 Å². The molecule has 2 amide bonds. The van der Waals surface area contributed by atoms with Gasteiger partial charge in [-0.1, -0.05) is 13.0 Å². The maximum Gasteiger partial charge on any atom is 0.263 e. The Balaban J connectivity index is 1.56. The van der Waals surface area contributed by atoms with Gasteiger partial charge in [-0.05, 0) is 50.0 Å². The second-order valence-electron chi connectivity index (χ2n) is 6.63. The van der Waals surface area contributed by atoms with Gasteiger partial charge in [-0.15, -0.1) is 11.3 Å². The molecular formula is C18H26N2O2S. The molecule has 5 heteroatoms. The average molecular weight is 334 g/mol. The zero-order chi connectivity index (χ0) is 16.2. The minimum absolute atomic E-state index is 0.106. The first-order valence-electron chi connectivity index (χ1n) is 8.84. The summed E-state index contributed by atoms with van der Waals surface area (Å²) in [7, 11) is 0. The maximum absolute atomic E-state index is 12.9. The summed E-state index contributed by atoms with van der Waals surface area (Å²) in [6.45, 7) is 4.51. The fourth-order valence-corrected chi connectivity index (χ4v) is 4.53. The van der Waals surface area contributed by atoms with Crippen molar-refractivity contribution in [1.29, 1.82) is 0 Å². The molecule has 23 heavy (non-hydrogen) atoms. The molecule has 4 nitrogen and oxygen atoms in total. The van der Waals surface area contributed by atoms with E-state index in [4.69, 9.17) is 0 Å². The summed E-state index contributed by atoms with van der Waals surface area (Å²) in [5.41, 5.74) is 0. The highest BCUT2D eigenvalue weighted by molar-refractivity contribution is 7.12. The molecule has 1 aromatic heterocycles. The molecule has 126 valence electrons. The van der Waals surface area contributed by atoms with E-state index in [-0.39, 0.29) is 11.8 Å². The van der Waals surface area contributed by atoms with E-state index >= 15 is 0 Å². The molecule has 0 aliphatic carbocycles. The smallest absolute Gasteiger partial charge is 0.263 e. The minimum Gasteiger partial charge on any atom is -0.339 e. The molecule has 0 bridgehead atoms. The molecule has 1 atom stereocenters. The Morgan fingerprint density at radius 1 is 1.17 bits per heavy atom. The largest absolute Gasteiger partial charge is 0.339 e. The van der Waals surface area contributed by atoms with Gasteiger partial charge in [0.15, 0.2) is 0 Å². The van der Waals surface area contributed by atoms with E-state index in [1.165, 1.54) is 17.8 Å². The molecule has 0 aromatic carbocycles. The number of carbonyl (C=O) groups is 2. The molecule has 0 radical (unpaired) electrons. The van der Waals surface area contributed by atoms with Crippen molar-refractivity contribution in [1.82, 2.24) is 9.80 Å². The summed E-state index contributed by atoms with van der Waals surface area (Å²) in [4.78, 5) is 30.1. The van der Waals surface area contributed by atoms with Gasteiger partial charge in [0.25, 0.3) is 5.91 Å². The molecule has 2 aliphatic heterocycles. The standard InChI is InChI=1S/C18H26N2O2S/c1-2-15-6-3-4-10-20(15)17(21)14-8-11-19(12-9-14)18(22)16-7-5-13-23-16/h5,7,13-15H,2-4,6,8-12H2,1H3. The van der Waals surface area contributed by atoms with Gasteiger partial charge in [0.1, 0.15) is 0 Å².